The molecule has 48 heavy (non-hydrogen) atoms. The Kier molecular flexibility index (Phi) is 11.1. The Morgan fingerprint density at radius 2 is 0.854 bits per heavy atom. The molecule has 4 aromatic carbocycles. The Balaban J connectivity index is 1.57. The van der Waals surface area contributed by atoms with E-state index in [1.807, 2.05) is 0 Å². The zero-order chi connectivity index (χ0) is 34.6. The minimum absolute atomic E-state index is 0.0562. The van der Waals surface area contributed by atoms with Crippen molar-refractivity contribution in [1.29, 1.82) is 0 Å². The van der Waals surface area contributed by atoms with Crippen LogP contribution in [0.2, 0.25) is 35.3 Å². The van der Waals surface area contributed by atoms with Crippen LogP contribution in [0.1, 0.15) is 48.0 Å². The molecule has 5 heteroatoms. The van der Waals surface area contributed by atoms with E-state index in [0.29, 0.717) is 17.4 Å². The molecule has 0 unspecified atom stereocenters. The van der Waals surface area contributed by atoms with Crippen LogP contribution in [0.25, 0.3) is 0 Å². The molecule has 1 aliphatic carbocycles. The molecule has 0 saturated heterocycles. The summed E-state index contributed by atoms with van der Waals surface area (Å²) in [5.74, 6) is 0.744. The molecule has 0 heterocycles. The van der Waals surface area contributed by atoms with E-state index >= 15 is 0 Å². The second-order valence-electron chi connectivity index (χ2n) is 16.9. The molecule has 0 fully saturated rings. The van der Waals surface area contributed by atoms with Gasteiger partial charge in [0.05, 0.1) is 8.07 Å². The van der Waals surface area contributed by atoms with Crippen LogP contribution < -0.4 is 20.7 Å². The largest absolute Gasteiger partial charge is 0.407 e. The molecular weight excluding hydrogens is 633 g/mol. The molecule has 0 spiro atoms. The summed E-state index contributed by atoms with van der Waals surface area (Å²) in [6, 6.07) is 44.4. The predicted molar refractivity (Wildman–Crippen MR) is 215 cm³/mol. The minimum Gasteiger partial charge on any atom is -0.407 e. The molecule has 0 bridgehead atoms. The van der Waals surface area contributed by atoms with Crippen molar-refractivity contribution in [2.45, 2.75) is 83.2 Å². The zero-order valence-electron chi connectivity index (χ0n) is 30.9. The molecule has 254 valence electrons. The monoisotopic (exact) mass is 690 g/mol. The van der Waals surface area contributed by atoms with E-state index in [-0.39, 0.29) is 10.1 Å². The summed E-state index contributed by atoms with van der Waals surface area (Å²) in [4.78, 5) is 0. The van der Waals surface area contributed by atoms with Crippen molar-refractivity contribution < 1.29 is 8.85 Å². The fraction of sp³-hybridized carbons (Fsp3) is 0.395. The maximum absolute atomic E-state index is 7.71. The lowest BCUT2D eigenvalue weighted by atomic mass is 9.83. The standard InChI is InChI=1S/C43H58O2Si3/c1-42(2,3)47(36-24-14-10-15-25-36,37-26-16-11-17-27-37)44-33-35-23-22-32-41(46(7,8)9)40(35)34-45-48(43(4,5)6,38-28-18-12-19-29-38)39-30-20-13-21-31-39/h10-22,24-32,35,40-41H,23,33-34H2,1-9H3/t35-,40-,41+/m1/s1. The minimum atomic E-state index is -2.69. The number of hydrogen-bond donors (Lipinski definition) is 0. The normalized spacial score (nSPS) is 19.3. The van der Waals surface area contributed by atoms with Gasteiger partial charge >= 0.3 is 0 Å². The lowest BCUT2D eigenvalue weighted by molar-refractivity contribution is 0.128. The maximum Gasteiger partial charge on any atom is 0.261 e. The average Bonchev–Trinajstić information content (AvgIpc) is 3.06. The summed E-state index contributed by atoms with van der Waals surface area (Å²) >= 11 is 0. The van der Waals surface area contributed by atoms with Gasteiger partial charge in [-0.2, -0.15) is 0 Å². The first kappa shape index (κ1) is 36.5. The van der Waals surface area contributed by atoms with Crippen LogP contribution in [0.5, 0.6) is 0 Å². The van der Waals surface area contributed by atoms with Crippen molar-refractivity contribution in [3.8, 4) is 0 Å². The molecule has 0 saturated carbocycles. The molecule has 3 atom stereocenters. The third kappa shape index (κ3) is 7.22. The third-order valence-corrected chi connectivity index (χ3v) is 23.3. The van der Waals surface area contributed by atoms with Crippen LogP contribution in [-0.2, 0) is 8.85 Å². The fourth-order valence-electron chi connectivity index (χ4n) is 8.35. The molecule has 2 nitrogen and oxygen atoms in total. The van der Waals surface area contributed by atoms with E-state index in [9.17, 15) is 0 Å². The summed E-state index contributed by atoms with van der Waals surface area (Å²) < 4.78 is 15.4. The van der Waals surface area contributed by atoms with Crippen molar-refractivity contribution in [3.63, 3.8) is 0 Å². The highest BCUT2D eigenvalue weighted by Crippen LogP contribution is 2.45. The van der Waals surface area contributed by atoms with Crippen molar-refractivity contribution >= 4 is 45.5 Å². The van der Waals surface area contributed by atoms with E-state index in [0.717, 1.165) is 19.6 Å². The van der Waals surface area contributed by atoms with Gasteiger partial charge in [0.2, 0.25) is 0 Å². The highest BCUT2D eigenvalue weighted by molar-refractivity contribution is 7.00. The van der Waals surface area contributed by atoms with Crippen molar-refractivity contribution in [3.05, 3.63) is 133 Å². The van der Waals surface area contributed by atoms with Gasteiger partial charge in [0.1, 0.15) is 0 Å². The Hall–Kier alpha value is -2.81. The van der Waals surface area contributed by atoms with Crippen LogP contribution in [0, 0.1) is 11.8 Å². The van der Waals surface area contributed by atoms with Crippen LogP contribution in [-0.4, -0.2) is 37.9 Å². The molecule has 5 rings (SSSR count). The van der Waals surface area contributed by atoms with Gasteiger partial charge < -0.3 is 8.85 Å². The maximum atomic E-state index is 7.71. The first-order valence-electron chi connectivity index (χ1n) is 17.9. The highest BCUT2D eigenvalue weighted by atomic mass is 28.4. The van der Waals surface area contributed by atoms with E-state index in [4.69, 9.17) is 8.85 Å². The molecule has 0 aromatic heterocycles. The van der Waals surface area contributed by atoms with Gasteiger partial charge in [-0.3, -0.25) is 0 Å². The molecule has 0 aliphatic heterocycles. The van der Waals surface area contributed by atoms with Crippen molar-refractivity contribution in [2.75, 3.05) is 13.2 Å². The summed E-state index contributed by atoms with van der Waals surface area (Å²) in [6.45, 7) is 23.4. The molecule has 0 amide bonds. The number of benzene rings is 4. The van der Waals surface area contributed by atoms with Crippen molar-refractivity contribution in [2.24, 2.45) is 11.8 Å². The van der Waals surface area contributed by atoms with Gasteiger partial charge in [-0.25, -0.2) is 0 Å². The number of hydrogen-bond acceptors (Lipinski definition) is 2. The Morgan fingerprint density at radius 1 is 0.521 bits per heavy atom. The molecule has 1 aliphatic rings. The second-order valence-corrected chi connectivity index (χ2v) is 30.9. The fourth-order valence-corrected chi connectivity index (χ4v) is 19.9. The average molecular weight is 691 g/mol. The molecule has 4 aromatic rings. The van der Waals surface area contributed by atoms with E-state index < -0.39 is 24.7 Å². The quantitative estimate of drug-likeness (QED) is 0.116. The highest BCUT2D eigenvalue weighted by Gasteiger charge is 2.53. The van der Waals surface area contributed by atoms with Crippen LogP contribution in [0.15, 0.2) is 133 Å². The second kappa shape index (κ2) is 14.6. The zero-order valence-corrected chi connectivity index (χ0v) is 33.9. The topological polar surface area (TPSA) is 18.5 Å². The van der Waals surface area contributed by atoms with Gasteiger partial charge in [0.15, 0.2) is 0 Å². The summed E-state index contributed by atoms with van der Waals surface area (Å²) in [5, 5.41) is 5.27. The summed E-state index contributed by atoms with van der Waals surface area (Å²) in [6.07, 6.45) is 6.03. The third-order valence-electron chi connectivity index (χ3n) is 10.7. The van der Waals surface area contributed by atoms with Gasteiger partial charge in [-0.15, -0.1) is 0 Å². The Labute approximate surface area is 294 Å². The summed E-state index contributed by atoms with van der Waals surface area (Å²) in [5.41, 5.74) is 0.511. The van der Waals surface area contributed by atoms with Crippen LogP contribution in [0.4, 0.5) is 0 Å². The lowest BCUT2D eigenvalue weighted by Gasteiger charge is -2.48. The Morgan fingerprint density at radius 3 is 1.17 bits per heavy atom. The SMILES string of the molecule is CC(C)(C)[Si](OC[C@H]1CC=C[C@H]([Si](C)(C)C)[C@@H]1CO[Si](c1ccccc1)(c1ccccc1)C(C)(C)C)(c1ccccc1)c1ccccc1. The number of rotatable bonds is 11. The summed E-state index contributed by atoms with van der Waals surface area (Å²) in [7, 11) is -6.95. The first-order valence-corrected chi connectivity index (χ1v) is 25.3. The predicted octanol–water partition coefficient (Wildman–Crippen LogP) is 9.04. The van der Waals surface area contributed by atoms with Gasteiger partial charge in [0, 0.05) is 13.2 Å². The molecule has 0 radical (unpaired) electrons. The molecular formula is C43H58O2Si3. The van der Waals surface area contributed by atoms with E-state index in [2.05, 4.69) is 195 Å². The smallest absolute Gasteiger partial charge is 0.261 e. The van der Waals surface area contributed by atoms with Crippen molar-refractivity contribution in [1.82, 2.24) is 0 Å². The first-order chi connectivity index (χ1) is 22.7. The van der Waals surface area contributed by atoms with Crippen LogP contribution in [0.3, 0.4) is 0 Å². The van der Waals surface area contributed by atoms with Gasteiger partial charge in [-0.05, 0) is 54.6 Å². The van der Waals surface area contributed by atoms with E-state index in [1.165, 1.54) is 20.7 Å². The number of allylic oxidation sites excluding steroid dienone is 2. The van der Waals surface area contributed by atoms with Gasteiger partial charge in [0.25, 0.3) is 16.6 Å². The van der Waals surface area contributed by atoms with Crippen LogP contribution >= 0.6 is 0 Å². The van der Waals surface area contributed by atoms with Gasteiger partial charge in [-0.1, -0.05) is 195 Å². The molecule has 0 N–H and O–H groups in total. The van der Waals surface area contributed by atoms with E-state index in [1.54, 1.807) is 0 Å². The lowest BCUT2D eigenvalue weighted by Crippen LogP contribution is -2.67. The Bertz CT molecular complexity index is 1520.